The number of benzene rings is 3. The molecular weight excluding hydrogens is 397 g/mol. The van der Waals surface area contributed by atoms with Gasteiger partial charge in [-0.1, -0.05) is 30.3 Å². The first-order valence-electron chi connectivity index (χ1n) is 9.60. The molecule has 3 N–H and O–H groups in total. The second-order valence-corrected chi connectivity index (χ2v) is 7.09. The van der Waals surface area contributed by atoms with Crippen LogP contribution in [0.15, 0.2) is 48.5 Å². The smallest absolute Gasteiger partial charge is 0.343 e. The Bertz CT molecular complexity index is 1160. The van der Waals surface area contributed by atoms with Crippen molar-refractivity contribution >= 4 is 23.6 Å². The van der Waals surface area contributed by atoms with Crippen molar-refractivity contribution in [2.24, 2.45) is 0 Å². The first-order valence-corrected chi connectivity index (χ1v) is 9.60. The zero-order chi connectivity index (χ0) is 22.7. The van der Waals surface area contributed by atoms with Gasteiger partial charge in [0.05, 0.1) is 14.2 Å². The molecule has 31 heavy (non-hydrogen) atoms. The number of hydrogen-bond acceptors (Lipinski definition) is 4. The minimum absolute atomic E-state index is 0.0197. The second-order valence-electron chi connectivity index (χ2n) is 7.09. The summed E-state index contributed by atoms with van der Waals surface area (Å²) < 4.78 is 25.5. The predicted octanol–water partition coefficient (Wildman–Crippen LogP) is 5.74. The molecule has 6 heteroatoms. The summed E-state index contributed by atoms with van der Waals surface area (Å²) in [4.78, 5) is 11.5. The molecule has 0 aliphatic heterocycles. The Kier molecular flexibility index (Phi) is 6.30. The van der Waals surface area contributed by atoms with Gasteiger partial charge in [-0.3, -0.25) is 0 Å². The molecule has 0 atom stereocenters. The highest BCUT2D eigenvalue weighted by Crippen LogP contribution is 2.36. The molecule has 0 aromatic heterocycles. The van der Waals surface area contributed by atoms with Crippen LogP contribution in [0, 0.1) is 13.8 Å². The van der Waals surface area contributed by atoms with Crippen molar-refractivity contribution < 1.29 is 23.8 Å². The van der Waals surface area contributed by atoms with Crippen molar-refractivity contribution in [1.29, 1.82) is 0 Å². The standard InChI is InChI=1S/C25H24FNO4/c1-14-16(7-5-8-18(14)19-9-6-10-21(27)15(19)2)11-20(26)17-12-22(30-3)24(25(28)29)23(13-17)31-4/h5-13H,27H2,1-4H3,(H,28,29)/b20-11-. The monoisotopic (exact) mass is 421 g/mol. The molecule has 0 unspecified atom stereocenters. The van der Waals surface area contributed by atoms with Crippen LogP contribution in [0.5, 0.6) is 11.5 Å². The number of methoxy groups -OCH3 is 2. The Hall–Kier alpha value is -3.80. The second kappa shape index (κ2) is 8.92. The minimum Gasteiger partial charge on any atom is -0.496 e. The summed E-state index contributed by atoms with van der Waals surface area (Å²) >= 11 is 0. The summed E-state index contributed by atoms with van der Waals surface area (Å²) in [6, 6.07) is 14.1. The van der Waals surface area contributed by atoms with E-state index in [4.69, 9.17) is 15.2 Å². The first-order chi connectivity index (χ1) is 14.8. The highest BCUT2D eigenvalue weighted by Gasteiger charge is 2.20. The van der Waals surface area contributed by atoms with Gasteiger partial charge in [0.25, 0.3) is 0 Å². The fraction of sp³-hybridized carbons (Fsp3) is 0.160. The largest absolute Gasteiger partial charge is 0.496 e. The third kappa shape index (κ3) is 4.23. The number of halogens is 1. The molecule has 160 valence electrons. The van der Waals surface area contributed by atoms with Gasteiger partial charge in [-0.2, -0.15) is 0 Å². The molecule has 0 heterocycles. The van der Waals surface area contributed by atoms with Crippen molar-refractivity contribution in [3.63, 3.8) is 0 Å². The lowest BCUT2D eigenvalue weighted by Gasteiger charge is -2.14. The predicted molar refractivity (Wildman–Crippen MR) is 121 cm³/mol. The van der Waals surface area contributed by atoms with Gasteiger partial charge in [0.1, 0.15) is 22.9 Å². The minimum atomic E-state index is -1.22. The number of anilines is 1. The van der Waals surface area contributed by atoms with E-state index in [1.54, 1.807) is 0 Å². The van der Waals surface area contributed by atoms with Crippen molar-refractivity contribution in [3.8, 4) is 22.6 Å². The van der Waals surface area contributed by atoms with Crippen molar-refractivity contribution in [2.75, 3.05) is 20.0 Å². The molecule has 5 nitrogen and oxygen atoms in total. The zero-order valence-electron chi connectivity index (χ0n) is 17.8. The van der Waals surface area contributed by atoms with Crippen LogP contribution in [-0.2, 0) is 0 Å². The Labute approximate surface area is 180 Å². The third-order valence-corrected chi connectivity index (χ3v) is 5.32. The maximum atomic E-state index is 15.2. The van der Waals surface area contributed by atoms with E-state index in [1.807, 2.05) is 50.2 Å². The molecule has 3 aromatic rings. The number of carboxylic acids is 1. The average Bonchev–Trinajstić information content (AvgIpc) is 2.76. The van der Waals surface area contributed by atoms with Gasteiger partial charge < -0.3 is 20.3 Å². The molecular formula is C25H24FNO4. The van der Waals surface area contributed by atoms with Gasteiger partial charge in [0.2, 0.25) is 0 Å². The molecule has 0 amide bonds. The maximum Gasteiger partial charge on any atom is 0.343 e. The van der Waals surface area contributed by atoms with Gasteiger partial charge in [-0.05, 0) is 65.9 Å². The van der Waals surface area contributed by atoms with Gasteiger partial charge >= 0.3 is 5.97 Å². The summed E-state index contributed by atoms with van der Waals surface area (Å²) in [6.45, 7) is 3.88. The van der Waals surface area contributed by atoms with E-state index in [9.17, 15) is 9.90 Å². The SMILES string of the molecule is COc1cc(/C(F)=C/c2cccc(-c3cccc(N)c3C)c2C)cc(OC)c1C(=O)O. The lowest BCUT2D eigenvalue weighted by Crippen LogP contribution is -2.04. The Morgan fingerprint density at radius 3 is 2.06 bits per heavy atom. The van der Waals surface area contributed by atoms with Crippen LogP contribution < -0.4 is 15.2 Å². The highest BCUT2D eigenvalue weighted by molar-refractivity contribution is 5.95. The van der Waals surface area contributed by atoms with E-state index in [0.717, 1.165) is 22.3 Å². The van der Waals surface area contributed by atoms with Crippen LogP contribution in [0.4, 0.5) is 10.1 Å². The fourth-order valence-electron chi connectivity index (χ4n) is 3.53. The molecule has 0 aliphatic rings. The molecule has 0 spiro atoms. The van der Waals surface area contributed by atoms with E-state index in [1.165, 1.54) is 32.4 Å². The summed E-state index contributed by atoms with van der Waals surface area (Å²) in [5, 5.41) is 9.41. The third-order valence-electron chi connectivity index (χ3n) is 5.32. The van der Waals surface area contributed by atoms with Gasteiger partial charge in [-0.15, -0.1) is 0 Å². The lowest BCUT2D eigenvalue weighted by atomic mass is 9.92. The summed E-state index contributed by atoms with van der Waals surface area (Å²) in [5.74, 6) is -1.72. The Morgan fingerprint density at radius 2 is 1.52 bits per heavy atom. The Morgan fingerprint density at radius 1 is 0.968 bits per heavy atom. The number of carbonyl (C=O) groups is 1. The molecule has 0 fully saturated rings. The first kappa shape index (κ1) is 21.9. The van der Waals surface area contributed by atoms with Crippen molar-refractivity contribution in [2.45, 2.75) is 13.8 Å². The fourth-order valence-corrected chi connectivity index (χ4v) is 3.53. The normalized spacial score (nSPS) is 11.3. The molecule has 0 bridgehead atoms. The number of rotatable bonds is 6. The molecule has 0 radical (unpaired) electrons. The highest BCUT2D eigenvalue weighted by atomic mass is 19.1. The summed E-state index contributed by atoms with van der Waals surface area (Å²) in [7, 11) is 2.66. The number of nitrogen functional groups attached to an aromatic ring is 1. The number of ether oxygens (including phenoxy) is 2. The van der Waals surface area contributed by atoms with Crippen LogP contribution in [0.3, 0.4) is 0 Å². The molecule has 0 saturated heterocycles. The molecule has 0 saturated carbocycles. The van der Waals surface area contributed by atoms with E-state index in [2.05, 4.69) is 0 Å². The van der Waals surface area contributed by atoms with Crippen LogP contribution >= 0.6 is 0 Å². The topological polar surface area (TPSA) is 81.8 Å². The van der Waals surface area contributed by atoms with Crippen molar-refractivity contribution in [1.82, 2.24) is 0 Å². The van der Waals surface area contributed by atoms with Crippen LogP contribution in [0.1, 0.15) is 32.6 Å². The molecule has 0 aliphatic carbocycles. The van der Waals surface area contributed by atoms with Gasteiger partial charge in [0, 0.05) is 11.3 Å². The van der Waals surface area contributed by atoms with Crippen LogP contribution in [0.2, 0.25) is 0 Å². The maximum absolute atomic E-state index is 15.2. The van der Waals surface area contributed by atoms with Gasteiger partial charge in [-0.25, -0.2) is 9.18 Å². The van der Waals surface area contributed by atoms with E-state index >= 15 is 4.39 Å². The summed E-state index contributed by atoms with van der Waals surface area (Å²) in [5.41, 5.74) is 11.3. The number of hydrogen-bond donors (Lipinski definition) is 2. The zero-order valence-corrected chi connectivity index (χ0v) is 17.8. The number of aromatic carboxylic acids is 1. The van der Waals surface area contributed by atoms with Crippen molar-refractivity contribution in [3.05, 3.63) is 76.3 Å². The molecule has 3 rings (SSSR count). The van der Waals surface area contributed by atoms with E-state index in [0.29, 0.717) is 11.3 Å². The quantitative estimate of drug-likeness (QED) is 0.392. The van der Waals surface area contributed by atoms with Gasteiger partial charge in [0.15, 0.2) is 0 Å². The van der Waals surface area contributed by atoms with Crippen LogP contribution in [0.25, 0.3) is 23.0 Å². The molecule has 3 aromatic carbocycles. The number of nitrogens with two attached hydrogens (primary N) is 1. The lowest BCUT2D eigenvalue weighted by molar-refractivity contribution is 0.0689. The van der Waals surface area contributed by atoms with Crippen LogP contribution in [-0.4, -0.2) is 25.3 Å². The van der Waals surface area contributed by atoms with E-state index < -0.39 is 11.8 Å². The summed E-state index contributed by atoms with van der Waals surface area (Å²) in [6.07, 6.45) is 1.41. The van der Waals surface area contributed by atoms with E-state index in [-0.39, 0.29) is 22.6 Å². The average molecular weight is 421 g/mol. The number of carboxylic acid groups (broad SMARTS) is 1. The Balaban J connectivity index is 2.11.